The van der Waals surface area contributed by atoms with Gasteiger partial charge < -0.3 is 14.7 Å². The third-order valence-electron chi connectivity index (χ3n) is 7.43. The second-order valence-electron chi connectivity index (χ2n) is 9.09. The van der Waals surface area contributed by atoms with Crippen LogP contribution in [0, 0.1) is 5.41 Å². The van der Waals surface area contributed by atoms with Crippen LogP contribution in [0.25, 0.3) is 0 Å². The maximum Gasteiger partial charge on any atom is 0.234 e. The number of carbonyl (C=O) groups excluding carboxylic acids is 2. The van der Waals surface area contributed by atoms with E-state index in [9.17, 15) is 9.59 Å². The van der Waals surface area contributed by atoms with E-state index in [4.69, 9.17) is 0 Å². The molecule has 1 unspecified atom stereocenters. The SMILES string of the molecule is O=C1CCC2(C(=O)N3CCN(c4ncccn4)CC3)CCCC=C2N1C1CCCC1. The number of allylic oxidation sites excluding steroid dienone is 1. The Hall–Kier alpha value is -2.44. The number of hydrogen-bond donors (Lipinski definition) is 0. The van der Waals surface area contributed by atoms with Crippen molar-refractivity contribution in [2.75, 3.05) is 31.1 Å². The number of carbonyl (C=O) groups is 2. The first-order chi connectivity index (χ1) is 14.7. The van der Waals surface area contributed by atoms with Gasteiger partial charge in [0.2, 0.25) is 17.8 Å². The lowest BCUT2D eigenvalue weighted by Crippen LogP contribution is -2.59. The topological polar surface area (TPSA) is 69.6 Å². The van der Waals surface area contributed by atoms with Gasteiger partial charge in [-0.15, -0.1) is 0 Å². The van der Waals surface area contributed by atoms with Gasteiger partial charge in [-0.25, -0.2) is 9.97 Å². The van der Waals surface area contributed by atoms with Gasteiger partial charge in [0.15, 0.2) is 0 Å². The van der Waals surface area contributed by atoms with E-state index in [1.807, 2.05) is 11.0 Å². The molecule has 2 aliphatic carbocycles. The molecule has 7 heteroatoms. The van der Waals surface area contributed by atoms with Crippen molar-refractivity contribution in [1.29, 1.82) is 0 Å². The van der Waals surface area contributed by atoms with E-state index in [2.05, 4.69) is 25.8 Å². The molecule has 160 valence electrons. The van der Waals surface area contributed by atoms with E-state index in [-0.39, 0.29) is 11.8 Å². The molecule has 3 fully saturated rings. The highest BCUT2D eigenvalue weighted by atomic mass is 16.2. The lowest BCUT2D eigenvalue weighted by Gasteiger charge is -2.50. The first kappa shape index (κ1) is 19.5. The van der Waals surface area contributed by atoms with Crippen LogP contribution in [0.4, 0.5) is 5.95 Å². The Morgan fingerprint density at radius 3 is 2.47 bits per heavy atom. The van der Waals surface area contributed by atoms with E-state index >= 15 is 0 Å². The summed E-state index contributed by atoms with van der Waals surface area (Å²) in [4.78, 5) is 41.8. The number of amides is 2. The molecule has 1 saturated carbocycles. The number of rotatable bonds is 3. The summed E-state index contributed by atoms with van der Waals surface area (Å²) in [5.41, 5.74) is 0.538. The Kier molecular flexibility index (Phi) is 5.21. The average Bonchev–Trinajstić information content (AvgIpc) is 3.34. The van der Waals surface area contributed by atoms with Crippen LogP contribution in [0.2, 0.25) is 0 Å². The van der Waals surface area contributed by atoms with Crippen LogP contribution in [0.3, 0.4) is 0 Å². The highest BCUT2D eigenvalue weighted by Crippen LogP contribution is 2.50. The molecule has 0 aromatic carbocycles. The monoisotopic (exact) mass is 409 g/mol. The molecule has 1 aromatic heterocycles. The van der Waals surface area contributed by atoms with Crippen molar-refractivity contribution >= 4 is 17.8 Å². The molecule has 3 heterocycles. The summed E-state index contributed by atoms with van der Waals surface area (Å²) in [5.74, 6) is 1.19. The molecule has 7 nitrogen and oxygen atoms in total. The van der Waals surface area contributed by atoms with Crippen molar-refractivity contribution < 1.29 is 9.59 Å². The minimum Gasteiger partial charge on any atom is -0.338 e. The molecule has 2 aliphatic heterocycles. The van der Waals surface area contributed by atoms with E-state index < -0.39 is 5.41 Å². The van der Waals surface area contributed by atoms with Gasteiger partial charge in [-0.2, -0.15) is 0 Å². The van der Waals surface area contributed by atoms with Crippen molar-refractivity contribution in [3.63, 3.8) is 0 Å². The summed E-state index contributed by atoms with van der Waals surface area (Å²) >= 11 is 0. The Morgan fingerprint density at radius 1 is 1.00 bits per heavy atom. The normalized spacial score (nSPS) is 27.8. The van der Waals surface area contributed by atoms with Gasteiger partial charge in [0.25, 0.3) is 0 Å². The van der Waals surface area contributed by atoms with Crippen molar-refractivity contribution in [3.05, 3.63) is 30.2 Å². The summed E-state index contributed by atoms with van der Waals surface area (Å²) in [7, 11) is 0. The highest BCUT2D eigenvalue weighted by molar-refractivity contribution is 5.91. The quantitative estimate of drug-likeness (QED) is 0.768. The molecule has 0 spiro atoms. The van der Waals surface area contributed by atoms with Crippen molar-refractivity contribution in [3.8, 4) is 0 Å². The highest BCUT2D eigenvalue weighted by Gasteiger charge is 2.52. The van der Waals surface area contributed by atoms with Crippen LogP contribution in [-0.4, -0.2) is 63.8 Å². The molecule has 1 aromatic rings. The van der Waals surface area contributed by atoms with Gasteiger partial charge in [0.05, 0.1) is 5.41 Å². The summed E-state index contributed by atoms with van der Waals surface area (Å²) in [6.07, 6.45) is 14.3. The molecule has 1 atom stereocenters. The van der Waals surface area contributed by atoms with Gasteiger partial charge in [-0.05, 0) is 44.6 Å². The maximum absolute atomic E-state index is 13.9. The molecular formula is C23H31N5O2. The zero-order valence-electron chi connectivity index (χ0n) is 17.6. The van der Waals surface area contributed by atoms with E-state index in [0.29, 0.717) is 32.0 Å². The zero-order valence-corrected chi connectivity index (χ0v) is 17.6. The number of piperidine rings is 1. The van der Waals surface area contributed by atoms with Gasteiger partial charge >= 0.3 is 0 Å². The fourth-order valence-corrected chi connectivity index (χ4v) is 5.88. The Labute approximate surface area is 178 Å². The summed E-state index contributed by atoms with van der Waals surface area (Å²) in [5, 5.41) is 0. The predicted octanol–water partition coefficient (Wildman–Crippen LogP) is 2.74. The molecular weight excluding hydrogens is 378 g/mol. The lowest BCUT2D eigenvalue weighted by molar-refractivity contribution is -0.149. The van der Waals surface area contributed by atoms with Gasteiger partial charge in [-0.3, -0.25) is 9.59 Å². The minimum absolute atomic E-state index is 0.226. The van der Waals surface area contributed by atoms with Crippen molar-refractivity contribution in [1.82, 2.24) is 19.8 Å². The first-order valence-corrected chi connectivity index (χ1v) is 11.5. The number of nitrogens with zero attached hydrogens (tertiary/aromatic N) is 5. The van der Waals surface area contributed by atoms with Gasteiger partial charge in [-0.1, -0.05) is 18.9 Å². The predicted molar refractivity (Wildman–Crippen MR) is 114 cm³/mol. The molecule has 4 aliphatic rings. The standard InChI is InChI=1S/C23H31N5O2/c29-20-9-11-23(10-4-3-8-19(23)28(20)18-6-1-2-7-18)21(30)26-14-16-27(17-15-26)22-24-12-5-13-25-22/h5,8,12-13,18H,1-4,6-7,9-11,14-17H2. The Bertz CT molecular complexity index is 827. The minimum atomic E-state index is -0.500. The van der Waals surface area contributed by atoms with Crippen LogP contribution in [0.1, 0.15) is 57.8 Å². The van der Waals surface area contributed by atoms with Gasteiger partial charge in [0, 0.05) is 56.7 Å². The Balaban J connectivity index is 1.35. The van der Waals surface area contributed by atoms with Crippen LogP contribution >= 0.6 is 0 Å². The smallest absolute Gasteiger partial charge is 0.234 e. The number of fused-ring (bicyclic) bond motifs is 1. The number of anilines is 1. The largest absolute Gasteiger partial charge is 0.338 e. The van der Waals surface area contributed by atoms with E-state index in [1.165, 1.54) is 12.8 Å². The fraction of sp³-hybridized carbons (Fsp3) is 0.652. The zero-order chi connectivity index (χ0) is 20.6. The van der Waals surface area contributed by atoms with Crippen molar-refractivity contribution in [2.24, 2.45) is 5.41 Å². The second-order valence-corrected chi connectivity index (χ2v) is 9.09. The van der Waals surface area contributed by atoms with E-state index in [0.717, 1.165) is 56.8 Å². The first-order valence-electron chi connectivity index (χ1n) is 11.5. The second kappa shape index (κ2) is 8.00. The molecule has 0 radical (unpaired) electrons. The third-order valence-corrected chi connectivity index (χ3v) is 7.43. The molecule has 0 N–H and O–H groups in total. The van der Waals surface area contributed by atoms with Gasteiger partial charge in [0.1, 0.15) is 0 Å². The summed E-state index contributed by atoms with van der Waals surface area (Å²) in [6, 6.07) is 2.11. The number of likely N-dealkylation sites (tertiary alicyclic amines) is 1. The van der Waals surface area contributed by atoms with E-state index in [1.54, 1.807) is 12.4 Å². The lowest BCUT2D eigenvalue weighted by atomic mass is 9.68. The summed E-state index contributed by atoms with van der Waals surface area (Å²) in [6.45, 7) is 2.86. The van der Waals surface area contributed by atoms with Crippen LogP contribution in [0.5, 0.6) is 0 Å². The molecule has 30 heavy (non-hydrogen) atoms. The van der Waals surface area contributed by atoms with Crippen LogP contribution in [0.15, 0.2) is 30.2 Å². The summed E-state index contributed by atoms with van der Waals surface area (Å²) < 4.78 is 0. The number of hydrogen-bond acceptors (Lipinski definition) is 5. The molecule has 2 saturated heterocycles. The van der Waals surface area contributed by atoms with Crippen LogP contribution in [-0.2, 0) is 9.59 Å². The number of piperazine rings is 1. The fourth-order valence-electron chi connectivity index (χ4n) is 5.88. The molecule has 0 bridgehead atoms. The Morgan fingerprint density at radius 2 is 1.73 bits per heavy atom. The third kappa shape index (κ3) is 3.28. The van der Waals surface area contributed by atoms with Crippen LogP contribution < -0.4 is 4.90 Å². The van der Waals surface area contributed by atoms with Crippen molar-refractivity contribution in [2.45, 2.75) is 63.8 Å². The molecule has 5 rings (SSSR count). The average molecular weight is 410 g/mol. The number of aromatic nitrogens is 2. The maximum atomic E-state index is 13.9. The molecule has 2 amide bonds.